The summed E-state index contributed by atoms with van der Waals surface area (Å²) >= 11 is 2.85. The van der Waals surface area contributed by atoms with Crippen molar-refractivity contribution in [2.45, 2.75) is 32.9 Å². The molecule has 2 aromatic carbocycles. The highest BCUT2D eigenvalue weighted by Gasteiger charge is 2.33. The number of thioether (sulfide) groups is 1. The Bertz CT molecular complexity index is 1150. The lowest BCUT2D eigenvalue weighted by atomic mass is 10.0. The summed E-state index contributed by atoms with van der Waals surface area (Å²) in [6.45, 7) is 4.56. The summed E-state index contributed by atoms with van der Waals surface area (Å²) in [5.74, 6) is -0.242. The van der Waals surface area contributed by atoms with E-state index in [0.29, 0.717) is 18.7 Å². The van der Waals surface area contributed by atoms with Gasteiger partial charge in [-0.3, -0.25) is 14.4 Å². The van der Waals surface area contributed by atoms with Crippen LogP contribution in [0.15, 0.2) is 66.0 Å². The maximum absolute atomic E-state index is 13.0. The predicted molar refractivity (Wildman–Crippen MR) is 149 cm³/mol. The first-order chi connectivity index (χ1) is 17.5. The number of anilines is 3. The molecule has 1 aromatic heterocycles. The third-order valence-corrected chi connectivity index (χ3v) is 7.20. The zero-order valence-electron chi connectivity index (χ0n) is 20.7. The van der Waals surface area contributed by atoms with Gasteiger partial charge in [-0.05, 0) is 41.3 Å². The van der Waals surface area contributed by atoms with Crippen LogP contribution in [-0.4, -0.2) is 42.4 Å². The molecule has 0 fully saturated rings. The number of para-hydroxylation sites is 2. The maximum Gasteiger partial charge on any atom is 0.315 e. The van der Waals surface area contributed by atoms with Crippen molar-refractivity contribution in [1.29, 1.82) is 0 Å². The second-order valence-corrected chi connectivity index (χ2v) is 9.77. The molecule has 1 aliphatic rings. The Balaban J connectivity index is 0.00000176. The van der Waals surface area contributed by atoms with Gasteiger partial charge in [0.05, 0.1) is 30.0 Å². The topological polar surface area (TPSA) is 87.7 Å². The quantitative estimate of drug-likeness (QED) is 0.374. The molecule has 4 rings (SSSR count). The van der Waals surface area contributed by atoms with Crippen molar-refractivity contribution in [3.63, 3.8) is 0 Å². The number of amides is 2. The Morgan fingerprint density at radius 1 is 1.06 bits per heavy atom. The number of nitrogens with zero attached hydrogens (tertiary/aromatic N) is 1. The van der Waals surface area contributed by atoms with Crippen LogP contribution in [0.1, 0.15) is 24.3 Å². The normalized spacial score (nSPS) is 14.1. The van der Waals surface area contributed by atoms with E-state index in [9.17, 15) is 14.4 Å². The van der Waals surface area contributed by atoms with Gasteiger partial charge in [0.2, 0.25) is 11.8 Å². The fraction of sp³-hybridized carbons (Fsp3) is 0.296. The van der Waals surface area contributed by atoms with Gasteiger partial charge in [-0.1, -0.05) is 44.2 Å². The Hall–Kier alpha value is -3.30. The number of thiophene rings is 1. The molecule has 0 radical (unpaired) electrons. The SMILES string of the molecule is CC.COC(=O)CSCC(=O)Nc1ccc(CN2c3ccccc3NC(=O)C2Cc2cccs2)cc1. The van der Waals surface area contributed by atoms with E-state index in [2.05, 4.69) is 26.3 Å². The number of benzene rings is 2. The Morgan fingerprint density at radius 2 is 1.81 bits per heavy atom. The van der Waals surface area contributed by atoms with Crippen LogP contribution in [0.5, 0.6) is 0 Å². The van der Waals surface area contributed by atoms with Gasteiger partial charge in [0.25, 0.3) is 0 Å². The highest BCUT2D eigenvalue weighted by Crippen LogP contribution is 2.34. The van der Waals surface area contributed by atoms with Gasteiger partial charge in [-0.15, -0.1) is 23.1 Å². The molecule has 7 nitrogen and oxygen atoms in total. The molecule has 0 bridgehead atoms. The van der Waals surface area contributed by atoms with Gasteiger partial charge < -0.3 is 20.3 Å². The summed E-state index contributed by atoms with van der Waals surface area (Å²) in [5.41, 5.74) is 3.50. The molecule has 0 saturated heterocycles. The lowest BCUT2D eigenvalue weighted by Crippen LogP contribution is -2.48. The summed E-state index contributed by atoms with van der Waals surface area (Å²) in [5, 5.41) is 7.90. The Morgan fingerprint density at radius 3 is 2.50 bits per heavy atom. The number of carbonyl (C=O) groups excluding carboxylic acids is 3. The third kappa shape index (κ3) is 7.35. The van der Waals surface area contributed by atoms with Crippen LogP contribution in [0, 0.1) is 0 Å². The average Bonchev–Trinajstić information content (AvgIpc) is 3.41. The van der Waals surface area contributed by atoms with Gasteiger partial charge >= 0.3 is 5.97 Å². The van der Waals surface area contributed by atoms with Gasteiger partial charge in [0.1, 0.15) is 6.04 Å². The minimum absolute atomic E-state index is 0.0135. The summed E-state index contributed by atoms with van der Waals surface area (Å²) in [6, 6.07) is 19.2. The highest BCUT2D eigenvalue weighted by atomic mass is 32.2. The number of carbonyl (C=O) groups is 3. The molecule has 2 N–H and O–H groups in total. The molecule has 190 valence electrons. The monoisotopic (exact) mass is 525 g/mol. The van der Waals surface area contributed by atoms with Crippen molar-refractivity contribution in [3.05, 3.63) is 76.5 Å². The molecule has 9 heteroatoms. The summed E-state index contributed by atoms with van der Waals surface area (Å²) in [4.78, 5) is 39.6. The first-order valence-corrected chi connectivity index (χ1v) is 13.8. The van der Waals surface area contributed by atoms with E-state index in [1.54, 1.807) is 11.3 Å². The fourth-order valence-corrected chi connectivity index (χ4v) is 5.13. The average molecular weight is 526 g/mol. The molecule has 2 amide bonds. The number of fused-ring (bicyclic) bond motifs is 1. The summed E-state index contributed by atoms with van der Waals surface area (Å²) in [7, 11) is 1.32. The second kappa shape index (κ2) is 13.7. The molecule has 0 spiro atoms. The number of hydrogen-bond acceptors (Lipinski definition) is 7. The standard InChI is InChI=1S/C25H25N3O4S2.C2H6/c1-32-24(30)16-33-15-23(29)26-18-10-8-17(9-11-18)14-28-21-7-3-2-6-20(21)27-25(31)22(28)13-19-5-4-12-34-19;1-2/h2-12,22H,13-16H2,1H3,(H,26,29)(H,27,31);1-2H3. The predicted octanol–water partition coefficient (Wildman–Crippen LogP) is 5.19. The van der Waals surface area contributed by atoms with E-state index in [1.807, 2.05) is 73.8 Å². The van der Waals surface area contributed by atoms with Crippen molar-refractivity contribution < 1.29 is 19.1 Å². The summed E-state index contributed by atoms with van der Waals surface area (Å²) in [6.07, 6.45) is 0.634. The van der Waals surface area contributed by atoms with Crippen LogP contribution in [0.4, 0.5) is 17.1 Å². The van der Waals surface area contributed by atoms with Crippen LogP contribution < -0.4 is 15.5 Å². The molecular formula is C27H31N3O4S2. The Labute approximate surface area is 220 Å². The first-order valence-electron chi connectivity index (χ1n) is 11.8. The lowest BCUT2D eigenvalue weighted by Gasteiger charge is -2.38. The van der Waals surface area contributed by atoms with Crippen molar-refractivity contribution in [2.75, 3.05) is 34.1 Å². The van der Waals surface area contributed by atoms with Gasteiger partial charge in [-0.2, -0.15) is 0 Å². The van der Waals surface area contributed by atoms with Crippen LogP contribution >= 0.6 is 23.1 Å². The van der Waals surface area contributed by atoms with Crippen LogP contribution in [0.2, 0.25) is 0 Å². The number of ether oxygens (including phenoxy) is 1. The number of methoxy groups -OCH3 is 1. The minimum atomic E-state index is -0.354. The van der Waals surface area contributed by atoms with Crippen molar-refractivity contribution in [2.24, 2.45) is 0 Å². The summed E-state index contributed by atoms with van der Waals surface area (Å²) < 4.78 is 4.57. The van der Waals surface area contributed by atoms with Crippen molar-refractivity contribution in [3.8, 4) is 0 Å². The van der Waals surface area contributed by atoms with Gasteiger partial charge in [-0.25, -0.2) is 0 Å². The number of nitrogens with one attached hydrogen (secondary N) is 2. The van der Waals surface area contributed by atoms with Gasteiger partial charge in [0.15, 0.2) is 0 Å². The molecule has 1 aliphatic heterocycles. The highest BCUT2D eigenvalue weighted by molar-refractivity contribution is 8.00. The van der Waals surface area contributed by atoms with Crippen LogP contribution in [0.25, 0.3) is 0 Å². The second-order valence-electron chi connectivity index (χ2n) is 7.75. The molecular weight excluding hydrogens is 494 g/mol. The first kappa shape index (κ1) is 27.3. The van der Waals surface area contributed by atoms with E-state index >= 15 is 0 Å². The molecule has 0 aliphatic carbocycles. The zero-order chi connectivity index (χ0) is 25.9. The maximum atomic E-state index is 13.0. The minimum Gasteiger partial charge on any atom is -0.468 e. The van der Waals surface area contributed by atoms with E-state index in [0.717, 1.165) is 21.8 Å². The molecule has 1 atom stereocenters. The van der Waals surface area contributed by atoms with Crippen molar-refractivity contribution >= 4 is 57.9 Å². The van der Waals surface area contributed by atoms with E-state index in [-0.39, 0.29) is 35.3 Å². The number of rotatable bonds is 9. The van der Waals surface area contributed by atoms with Crippen LogP contribution in [0.3, 0.4) is 0 Å². The van der Waals surface area contributed by atoms with Crippen molar-refractivity contribution in [1.82, 2.24) is 0 Å². The zero-order valence-corrected chi connectivity index (χ0v) is 22.3. The van der Waals surface area contributed by atoms with E-state index in [1.165, 1.54) is 18.9 Å². The smallest absolute Gasteiger partial charge is 0.315 e. The lowest BCUT2D eigenvalue weighted by molar-refractivity contribution is -0.137. The molecule has 1 unspecified atom stereocenters. The molecule has 0 saturated carbocycles. The molecule has 2 heterocycles. The van der Waals surface area contributed by atoms with Gasteiger partial charge in [0, 0.05) is 23.5 Å². The third-order valence-electron chi connectivity index (χ3n) is 5.40. The fourth-order valence-electron chi connectivity index (χ4n) is 3.75. The van der Waals surface area contributed by atoms with E-state index in [4.69, 9.17) is 0 Å². The van der Waals surface area contributed by atoms with Crippen LogP contribution in [-0.2, 0) is 32.1 Å². The molecule has 36 heavy (non-hydrogen) atoms. The number of hydrogen-bond donors (Lipinski definition) is 2. The largest absolute Gasteiger partial charge is 0.468 e. The molecule has 3 aromatic rings. The van der Waals surface area contributed by atoms with E-state index < -0.39 is 0 Å². The number of esters is 1. The Kier molecular flexibility index (Phi) is 10.4.